The van der Waals surface area contributed by atoms with Gasteiger partial charge in [-0.1, -0.05) is 164 Å². The summed E-state index contributed by atoms with van der Waals surface area (Å²) in [6.07, 6.45) is 0. The molecule has 59 heavy (non-hydrogen) atoms. The van der Waals surface area contributed by atoms with Crippen LogP contribution in [0.25, 0.3) is 0 Å². The fraction of sp³-hybridized carbons (Fsp3) is 0. The van der Waals surface area contributed by atoms with Gasteiger partial charge in [-0.25, -0.2) is 0 Å². The summed E-state index contributed by atoms with van der Waals surface area (Å²) in [5, 5.41) is 12.9. The number of hydrogen-bond acceptors (Lipinski definition) is 0. The Morgan fingerprint density at radius 2 is 0.237 bits per heavy atom. The Balaban J connectivity index is 0.000000165. The van der Waals surface area contributed by atoms with Gasteiger partial charge in [-0.05, 0) is 109 Å². The van der Waals surface area contributed by atoms with Crippen molar-refractivity contribution >= 4 is 95.5 Å². The van der Waals surface area contributed by atoms with Gasteiger partial charge in [-0.2, -0.15) is 0 Å². The normalized spacial score (nSPS) is 10.2. The van der Waals surface area contributed by atoms with Gasteiger partial charge in [0.2, 0.25) is 0 Å². The summed E-state index contributed by atoms with van der Waals surface area (Å²) >= 11 is 0. The van der Waals surface area contributed by atoms with Crippen LogP contribution >= 0.6 is 47.7 Å². The van der Waals surface area contributed by atoms with E-state index in [0.717, 1.165) is 0 Å². The molecule has 0 atom stereocenters. The van der Waals surface area contributed by atoms with Crippen molar-refractivity contribution in [1.82, 2.24) is 0 Å². The fourth-order valence-corrected chi connectivity index (χ4v) is 14.7. The molecule has 0 N–H and O–H groups in total. The molecule has 0 heterocycles. The third-order valence-corrected chi connectivity index (χ3v) is 17.8. The SMILES string of the molecule is I.[Rh].c1ccc([PH+](c2ccccc2)c2ccccc2)cc1.c1ccc([PH+](c2ccccc2)c2ccccc2)cc1.c1ccc([PH+](c2ccccc2)c2ccccc2)cc1. The van der Waals surface area contributed by atoms with Gasteiger partial charge >= 0.3 is 0 Å². The van der Waals surface area contributed by atoms with Crippen LogP contribution in [-0.2, 0) is 19.5 Å². The van der Waals surface area contributed by atoms with Crippen LogP contribution in [0.3, 0.4) is 0 Å². The molecule has 0 nitrogen and oxygen atoms in total. The Morgan fingerprint density at radius 1 is 0.153 bits per heavy atom. The van der Waals surface area contributed by atoms with E-state index in [-0.39, 0.29) is 43.5 Å². The largest absolute Gasteiger partial charge is 0.107 e. The van der Waals surface area contributed by atoms with Crippen LogP contribution in [-0.4, -0.2) is 0 Å². The van der Waals surface area contributed by atoms with E-state index >= 15 is 0 Å². The third-order valence-electron chi connectivity index (χ3n) is 9.56. The van der Waals surface area contributed by atoms with E-state index < -0.39 is 23.8 Å². The summed E-state index contributed by atoms with van der Waals surface area (Å²) in [5.41, 5.74) is 0. The number of hydrogen-bond donors (Lipinski definition) is 0. The van der Waals surface area contributed by atoms with E-state index in [1.807, 2.05) is 0 Å². The Hall–Kier alpha value is -4.38. The summed E-state index contributed by atoms with van der Waals surface area (Å²) in [5.74, 6) is 0. The summed E-state index contributed by atoms with van der Waals surface area (Å²) in [7, 11) is -2.63. The van der Waals surface area contributed by atoms with Gasteiger partial charge < -0.3 is 0 Å². The molecule has 9 aromatic rings. The molecular weight excluding hydrogens is 971 g/mol. The minimum absolute atomic E-state index is 0. The number of halogens is 1. The topological polar surface area (TPSA) is 0 Å². The molecule has 0 aliphatic carbocycles. The van der Waals surface area contributed by atoms with Crippen molar-refractivity contribution in [2.75, 3.05) is 0 Å². The molecular formula is C54H49IP3Rh+3. The van der Waals surface area contributed by atoms with E-state index in [9.17, 15) is 0 Å². The molecule has 0 bridgehead atoms. The van der Waals surface area contributed by atoms with Crippen LogP contribution in [0.15, 0.2) is 273 Å². The average Bonchev–Trinajstić information content (AvgIpc) is 3.30. The Labute approximate surface area is 384 Å². The number of rotatable bonds is 9. The van der Waals surface area contributed by atoms with Gasteiger partial charge in [0.05, 0.1) is 23.8 Å². The molecule has 0 fully saturated rings. The van der Waals surface area contributed by atoms with Crippen molar-refractivity contribution in [2.45, 2.75) is 0 Å². The molecule has 1 radical (unpaired) electrons. The van der Waals surface area contributed by atoms with Crippen molar-refractivity contribution in [3.63, 3.8) is 0 Å². The average molecular weight is 1020 g/mol. The first-order valence-corrected chi connectivity index (χ1v) is 23.9. The Bertz CT molecular complexity index is 1870. The smallest absolute Gasteiger partial charge is 0.102 e. The van der Waals surface area contributed by atoms with Crippen LogP contribution in [0.2, 0.25) is 0 Å². The van der Waals surface area contributed by atoms with E-state index in [2.05, 4.69) is 273 Å². The molecule has 5 heteroatoms. The van der Waals surface area contributed by atoms with Gasteiger partial charge in [-0.15, -0.1) is 24.0 Å². The zero-order chi connectivity index (χ0) is 38.7. The first kappa shape index (κ1) is 45.7. The van der Waals surface area contributed by atoms with Crippen LogP contribution in [0.1, 0.15) is 0 Å². The third kappa shape index (κ3) is 13.3. The first-order chi connectivity index (χ1) is 28.3. The predicted octanol–water partition coefficient (Wildman–Crippen LogP) is 10.1. The molecule has 0 aliphatic rings. The monoisotopic (exact) mass is 1020 g/mol. The molecule has 293 valence electrons. The second-order valence-electron chi connectivity index (χ2n) is 13.4. The predicted molar refractivity (Wildman–Crippen MR) is 275 cm³/mol. The van der Waals surface area contributed by atoms with Gasteiger partial charge in [-0.3, -0.25) is 0 Å². The van der Waals surface area contributed by atoms with Gasteiger partial charge in [0.15, 0.2) is 0 Å². The molecule has 9 aromatic carbocycles. The van der Waals surface area contributed by atoms with Gasteiger partial charge in [0, 0.05) is 19.5 Å². The molecule has 0 spiro atoms. The maximum atomic E-state index is 2.24. The zero-order valence-electron chi connectivity index (χ0n) is 32.7. The maximum Gasteiger partial charge on any atom is 0.102 e. The summed E-state index contributed by atoms with van der Waals surface area (Å²) in [4.78, 5) is 0. The Morgan fingerprint density at radius 3 is 0.322 bits per heavy atom. The minimum Gasteiger partial charge on any atom is -0.107 e. The van der Waals surface area contributed by atoms with Crippen LogP contribution in [0.4, 0.5) is 0 Å². The van der Waals surface area contributed by atoms with Crippen molar-refractivity contribution in [3.8, 4) is 0 Å². The number of benzene rings is 9. The van der Waals surface area contributed by atoms with Crippen LogP contribution in [0.5, 0.6) is 0 Å². The molecule has 0 saturated carbocycles. The first-order valence-electron chi connectivity index (χ1n) is 19.4. The molecule has 0 aromatic heterocycles. The van der Waals surface area contributed by atoms with E-state index in [0.29, 0.717) is 0 Å². The fourth-order valence-electron chi connectivity index (χ4n) is 6.94. The molecule has 0 unspecified atom stereocenters. The van der Waals surface area contributed by atoms with Crippen molar-refractivity contribution < 1.29 is 19.5 Å². The van der Waals surface area contributed by atoms with Crippen molar-refractivity contribution in [1.29, 1.82) is 0 Å². The zero-order valence-corrected chi connectivity index (χ0v) is 39.7. The maximum absolute atomic E-state index is 2.24. The molecule has 0 aliphatic heterocycles. The van der Waals surface area contributed by atoms with Crippen molar-refractivity contribution in [3.05, 3.63) is 273 Å². The van der Waals surface area contributed by atoms with Gasteiger partial charge in [0.25, 0.3) is 0 Å². The summed E-state index contributed by atoms with van der Waals surface area (Å²) in [6, 6.07) is 97.5. The van der Waals surface area contributed by atoms with E-state index in [1.165, 1.54) is 47.7 Å². The van der Waals surface area contributed by atoms with E-state index in [4.69, 9.17) is 0 Å². The molecule has 0 saturated heterocycles. The van der Waals surface area contributed by atoms with Crippen LogP contribution < -0.4 is 47.7 Å². The van der Waals surface area contributed by atoms with Crippen LogP contribution in [0, 0.1) is 0 Å². The second-order valence-corrected chi connectivity index (χ2v) is 20.9. The van der Waals surface area contributed by atoms with Crippen molar-refractivity contribution in [2.24, 2.45) is 0 Å². The Kier molecular flexibility index (Phi) is 19.6. The summed E-state index contributed by atoms with van der Waals surface area (Å²) in [6.45, 7) is 0. The minimum atomic E-state index is -0.877. The summed E-state index contributed by atoms with van der Waals surface area (Å²) < 4.78 is 0. The standard InChI is InChI=1S/3C18H15P.HI.Rh/c3*1-4-10-16(11-5-1)19(17-12-6-2-7-13-17)18-14-8-3-9-15-18;;/h3*1-15H;1H;/p+3. The van der Waals surface area contributed by atoms with E-state index in [1.54, 1.807) is 0 Å². The van der Waals surface area contributed by atoms with Gasteiger partial charge in [0.1, 0.15) is 47.7 Å². The quantitative estimate of drug-likeness (QED) is 0.0768. The molecule has 0 amide bonds. The molecule has 9 rings (SSSR count). The second kappa shape index (κ2) is 25.3.